The molecule has 0 saturated heterocycles. The van der Waals surface area contributed by atoms with Gasteiger partial charge in [0.25, 0.3) is 5.91 Å². The van der Waals surface area contributed by atoms with Gasteiger partial charge in [0.2, 0.25) is 0 Å². The Kier molecular flexibility index (Phi) is 6.31. The number of hydrogen-bond acceptors (Lipinski definition) is 3. The highest BCUT2D eigenvalue weighted by molar-refractivity contribution is 6.33. The van der Waals surface area contributed by atoms with Crippen LogP contribution in [0.25, 0.3) is 0 Å². The first-order chi connectivity index (χ1) is 13.4. The molecule has 0 saturated carbocycles. The number of aryl methyl sites for hydroxylation is 2. The van der Waals surface area contributed by atoms with Gasteiger partial charge in [0.05, 0.1) is 24.3 Å². The van der Waals surface area contributed by atoms with E-state index in [9.17, 15) is 9.18 Å². The molecule has 0 unspecified atom stereocenters. The summed E-state index contributed by atoms with van der Waals surface area (Å²) >= 11 is 6.36. The number of rotatable bonds is 7. The molecular weight excluding hydrogens is 381 g/mol. The first kappa shape index (κ1) is 19.9. The number of carbonyl (C=O) groups excluding carboxylic acids is 1. The van der Waals surface area contributed by atoms with Crippen LogP contribution in [-0.2, 0) is 6.54 Å². The molecule has 5 nitrogen and oxygen atoms in total. The van der Waals surface area contributed by atoms with Crippen molar-refractivity contribution in [2.24, 2.45) is 0 Å². The number of nitrogens with zero attached hydrogens (tertiary/aromatic N) is 2. The largest absolute Gasteiger partial charge is 0.492 e. The van der Waals surface area contributed by atoms with E-state index in [4.69, 9.17) is 16.3 Å². The normalized spacial score (nSPS) is 10.7. The van der Waals surface area contributed by atoms with E-state index in [1.165, 1.54) is 16.8 Å². The van der Waals surface area contributed by atoms with Crippen LogP contribution >= 0.6 is 11.6 Å². The van der Waals surface area contributed by atoms with Crippen molar-refractivity contribution in [3.8, 4) is 5.75 Å². The summed E-state index contributed by atoms with van der Waals surface area (Å²) < 4.78 is 20.2. The van der Waals surface area contributed by atoms with Crippen LogP contribution in [0.3, 0.4) is 0 Å². The number of benzene rings is 2. The third kappa shape index (κ3) is 4.89. The lowest BCUT2D eigenvalue weighted by atomic mass is 10.2. The first-order valence-electron chi connectivity index (χ1n) is 8.89. The Morgan fingerprint density at radius 1 is 1.14 bits per heavy atom. The minimum absolute atomic E-state index is 0.249. The smallest absolute Gasteiger partial charge is 0.256 e. The molecule has 3 rings (SSSR count). The monoisotopic (exact) mass is 401 g/mol. The van der Waals surface area contributed by atoms with E-state index in [1.807, 2.05) is 31.2 Å². The molecule has 1 amide bonds. The van der Waals surface area contributed by atoms with Crippen LogP contribution < -0.4 is 10.1 Å². The lowest BCUT2D eigenvalue weighted by Crippen LogP contribution is -2.28. The molecule has 0 radical (unpaired) electrons. The second-order valence-corrected chi connectivity index (χ2v) is 6.81. The van der Waals surface area contributed by atoms with Gasteiger partial charge >= 0.3 is 0 Å². The molecule has 1 aromatic heterocycles. The Labute approximate surface area is 168 Å². The number of nitrogens with one attached hydrogen (secondary N) is 1. The molecule has 0 aliphatic carbocycles. The molecule has 1 heterocycles. The molecule has 0 aliphatic rings. The molecule has 3 aromatic rings. The maximum absolute atomic E-state index is 13.0. The molecule has 0 atom stereocenters. The molecule has 7 heteroatoms. The van der Waals surface area contributed by atoms with Gasteiger partial charge in [-0.25, -0.2) is 9.07 Å². The van der Waals surface area contributed by atoms with E-state index < -0.39 is 0 Å². The maximum atomic E-state index is 13.0. The highest BCUT2D eigenvalue weighted by Gasteiger charge is 2.20. The van der Waals surface area contributed by atoms with Crippen LogP contribution in [-0.4, -0.2) is 28.8 Å². The predicted octanol–water partition coefficient (Wildman–Crippen LogP) is 4.15. The van der Waals surface area contributed by atoms with E-state index >= 15 is 0 Å². The zero-order valence-corrected chi connectivity index (χ0v) is 16.5. The summed E-state index contributed by atoms with van der Waals surface area (Å²) in [5.74, 6) is 0.140. The average molecular weight is 402 g/mol. The molecule has 28 heavy (non-hydrogen) atoms. The molecule has 2 aromatic carbocycles. The molecule has 146 valence electrons. The summed E-state index contributed by atoms with van der Waals surface area (Å²) in [6.07, 6.45) is 0. The van der Waals surface area contributed by atoms with Crippen molar-refractivity contribution >= 4 is 17.5 Å². The first-order valence-corrected chi connectivity index (χ1v) is 9.27. The Morgan fingerprint density at radius 2 is 1.82 bits per heavy atom. The summed E-state index contributed by atoms with van der Waals surface area (Å²) in [5, 5.41) is 7.38. The van der Waals surface area contributed by atoms with Gasteiger partial charge in [0.1, 0.15) is 23.3 Å². The Balaban J connectivity index is 1.58. The summed E-state index contributed by atoms with van der Waals surface area (Å²) in [7, 11) is 0. The summed E-state index contributed by atoms with van der Waals surface area (Å²) in [6.45, 7) is 4.77. The van der Waals surface area contributed by atoms with E-state index in [1.54, 1.807) is 19.1 Å². The van der Waals surface area contributed by atoms with Crippen molar-refractivity contribution in [1.29, 1.82) is 0 Å². The number of aromatic nitrogens is 2. The molecule has 0 aliphatic heterocycles. The van der Waals surface area contributed by atoms with Crippen molar-refractivity contribution in [2.45, 2.75) is 20.4 Å². The van der Waals surface area contributed by atoms with Crippen LogP contribution in [0.1, 0.15) is 27.2 Å². The van der Waals surface area contributed by atoms with Gasteiger partial charge in [-0.2, -0.15) is 5.10 Å². The van der Waals surface area contributed by atoms with Crippen LogP contribution in [0.2, 0.25) is 5.15 Å². The highest BCUT2D eigenvalue weighted by Crippen LogP contribution is 2.21. The van der Waals surface area contributed by atoms with E-state index in [-0.39, 0.29) is 16.9 Å². The van der Waals surface area contributed by atoms with E-state index in [2.05, 4.69) is 10.4 Å². The van der Waals surface area contributed by atoms with Gasteiger partial charge in [0.15, 0.2) is 0 Å². The van der Waals surface area contributed by atoms with Crippen LogP contribution in [0, 0.1) is 19.7 Å². The zero-order chi connectivity index (χ0) is 20.1. The van der Waals surface area contributed by atoms with E-state index in [0.717, 1.165) is 16.9 Å². The topological polar surface area (TPSA) is 56.1 Å². The third-order valence-electron chi connectivity index (χ3n) is 4.22. The fourth-order valence-electron chi connectivity index (χ4n) is 2.74. The van der Waals surface area contributed by atoms with Crippen LogP contribution in [0.4, 0.5) is 4.39 Å². The standard InChI is InChI=1S/C21H21ClFN3O2/c1-14-3-9-18(10-4-14)28-12-11-24-21(27)19-15(2)25-26(20(19)22)13-16-5-7-17(23)8-6-16/h3-10H,11-13H2,1-2H3,(H,24,27). The van der Waals surface area contributed by atoms with Crippen LogP contribution in [0.5, 0.6) is 5.75 Å². The lowest BCUT2D eigenvalue weighted by Gasteiger charge is -2.08. The maximum Gasteiger partial charge on any atom is 0.256 e. The quantitative estimate of drug-likeness (QED) is 0.605. The van der Waals surface area contributed by atoms with Crippen molar-refractivity contribution in [3.05, 3.63) is 81.9 Å². The number of halogens is 2. The summed E-state index contributed by atoms with van der Waals surface area (Å²) in [4.78, 5) is 12.5. The second-order valence-electron chi connectivity index (χ2n) is 6.45. The Bertz CT molecular complexity index is 953. The Morgan fingerprint density at radius 3 is 2.50 bits per heavy atom. The second kappa shape index (κ2) is 8.89. The van der Waals surface area contributed by atoms with Crippen molar-refractivity contribution in [2.75, 3.05) is 13.2 Å². The molecule has 1 N–H and O–H groups in total. The van der Waals surface area contributed by atoms with Crippen molar-refractivity contribution in [1.82, 2.24) is 15.1 Å². The number of ether oxygens (including phenoxy) is 1. The number of amides is 1. The lowest BCUT2D eigenvalue weighted by molar-refractivity contribution is 0.0946. The fraction of sp³-hybridized carbons (Fsp3) is 0.238. The minimum atomic E-state index is -0.306. The van der Waals surface area contributed by atoms with Gasteiger partial charge in [0, 0.05) is 0 Å². The molecule has 0 spiro atoms. The number of hydrogen-bond donors (Lipinski definition) is 1. The van der Waals surface area contributed by atoms with Gasteiger partial charge in [-0.05, 0) is 43.7 Å². The highest BCUT2D eigenvalue weighted by atomic mass is 35.5. The summed E-state index contributed by atoms with van der Waals surface area (Å²) in [6, 6.07) is 13.8. The van der Waals surface area contributed by atoms with Crippen LogP contribution in [0.15, 0.2) is 48.5 Å². The fourth-order valence-corrected chi connectivity index (χ4v) is 3.06. The Hall–Kier alpha value is -2.86. The van der Waals surface area contributed by atoms with Crippen molar-refractivity contribution < 1.29 is 13.9 Å². The minimum Gasteiger partial charge on any atom is -0.492 e. The summed E-state index contributed by atoms with van der Waals surface area (Å²) in [5.41, 5.74) is 2.86. The zero-order valence-electron chi connectivity index (χ0n) is 15.7. The predicted molar refractivity (Wildman–Crippen MR) is 106 cm³/mol. The molecular formula is C21H21ClFN3O2. The van der Waals surface area contributed by atoms with Gasteiger partial charge in [-0.15, -0.1) is 0 Å². The van der Waals surface area contributed by atoms with Crippen molar-refractivity contribution in [3.63, 3.8) is 0 Å². The number of carbonyl (C=O) groups is 1. The molecule has 0 fully saturated rings. The average Bonchev–Trinajstić information content (AvgIpc) is 2.95. The van der Waals surface area contributed by atoms with Gasteiger partial charge in [-0.3, -0.25) is 4.79 Å². The van der Waals surface area contributed by atoms with E-state index in [0.29, 0.717) is 31.0 Å². The SMILES string of the molecule is Cc1ccc(OCCNC(=O)c2c(C)nn(Cc3ccc(F)cc3)c2Cl)cc1. The van der Waals surface area contributed by atoms with Gasteiger partial charge in [-0.1, -0.05) is 41.4 Å². The third-order valence-corrected chi connectivity index (χ3v) is 4.60. The van der Waals surface area contributed by atoms with Gasteiger partial charge < -0.3 is 10.1 Å². The molecule has 0 bridgehead atoms.